The maximum atomic E-state index is 12.5. The molecule has 0 atom stereocenters. The molecule has 4 rings (SSSR count). The topological polar surface area (TPSA) is 52.7 Å². The molecule has 2 aliphatic heterocycles. The average molecular weight is 382 g/mol. The van der Waals surface area contributed by atoms with E-state index in [0.29, 0.717) is 11.3 Å². The summed E-state index contributed by atoms with van der Waals surface area (Å²) in [6, 6.07) is 7.62. The molecule has 0 aromatic heterocycles. The van der Waals surface area contributed by atoms with Gasteiger partial charge in [-0.2, -0.15) is 0 Å². The number of nitrogens with one attached hydrogen (secondary N) is 1. The minimum Gasteiger partial charge on any atom is -0.352 e. The van der Waals surface area contributed by atoms with Crippen molar-refractivity contribution < 1.29 is 9.59 Å². The number of piperidine rings is 1. The molecule has 1 saturated heterocycles. The van der Waals surface area contributed by atoms with Crippen molar-refractivity contribution in [3.63, 3.8) is 0 Å². The van der Waals surface area contributed by atoms with Crippen LogP contribution in [0.1, 0.15) is 60.9 Å². The number of nitrogens with zero attached hydrogens (tertiary/aromatic N) is 2. The van der Waals surface area contributed by atoms with Crippen molar-refractivity contribution in [2.24, 2.45) is 5.92 Å². The fourth-order valence-electron chi connectivity index (χ4n) is 4.91. The van der Waals surface area contributed by atoms with Crippen molar-refractivity contribution in [1.29, 1.82) is 0 Å². The van der Waals surface area contributed by atoms with Crippen molar-refractivity contribution in [3.8, 4) is 0 Å². The molecule has 0 unspecified atom stereocenters. The van der Waals surface area contributed by atoms with Gasteiger partial charge in [-0.15, -0.1) is 0 Å². The summed E-state index contributed by atoms with van der Waals surface area (Å²) in [4.78, 5) is 29.2. The lowest BCUT2D eigenvalue weighted by molar-refractivity contribution is -0.122. The van der Waals surface area contributed by atoms with Crippen molar-refractivity contribution in [2.75, 3.05) is 26.2 Å². The van der Waals surface area contributed by atoms with Crippen LogP contribution in [-0.2, 0) is 4.79 Å². The first-order valence-electron chi connectivity index (χ1n) is 10.7. The Balaban J connectivity index is 1.23. The van der Waals surface area contributed by atoms with E-state index in [9.17, 15) is 9.59 Å². The van der Waals surface area contributed by atoms with Crippen LogP contribution in [0.25, 0.3) is 5.70 Å². The molecule has 2 heterocycles. The number of carbonyl (C=O) groups excluding carboxylic acids is 2. The lowest BCUT2D eigenvalue weighted by Crippen LogP contribution is -2.48. The maximum absolute atomic E-state index is 12.5. The molecular weight excluding hydrogens is 350 g/mol. The van der Waals surface area contributed by atoms with Gasteiger partial charge in [0.25, 0.3) is 5.91 Å². The largest absolute Gasteiger partial charge is 0.352 e. The van der Waals surface area contributed by atoms with Gasteiger partial charge in [0.2, 0.25) is 5.91 Å². The minimum atomic E-state index is -0.127. The molecule has 5 nitrogen and oxygen atoms in total. The molecule has 2 amide bonds. The number of amides is 2. The smallest absolute Gasteiger partial charge is 0.259 e. The number of benzene rings is 1. The Bertz CT molecular complexity index is 711. The van der Waals surface area contributed by atoms with Crippen LogP contribution in [0.5, 0.6) is 0 Å². The van der Waals surface area contributed by atoms with E-state index in [4.69, 9.17) is 0 Å². The van der Waals surface area contributed by atoms with Crippen LogP contribution in [0.2, 0.25) is 0 Å². The second-order valence-electron chi connectivity index (χ2n) is 8.53. The van der Waals surface area contributed by atoms with Crippen LogP contribution >= 0.6 is 0 Å². The fraction of sp³-hybridized carbons (Fsp3) is 0.565. The summed E-state index contributed by atoms with van der Waals surface area (Å²) in [5.74, 6) is 0.653. The van der Waals surface area contributed by atoms with E-state index < -0.39 is 0 Å². The zero-order chi connectivity index (χ0) is 19.5. The van der Waals surface area contributed by atoms with E-state index in [2.05, 4.69) is 16.8 Å². The molecule has 0 bridgehead atoms. The Kier molecular flexibility index (Phi) is 5.81. The zero-order valence-electron chi connectivity index (χ0n) is 16.7. The third-order valence-electron chi connectivity index (χ3n) is 6.53. The van der Waals surface area contributed by atoms with Gasteiger partial charge in [0, 0.05) is 42.5 Å². The predicted molar refractivity (Wildman–Crippen MR) is 111 cm³/mol. The molecule has 3 aliphatic rings. The van der Waals surface area contributed by atoms with Gasteiger partial charge in [-0.25, -0.2) is 0 Å². The predicted octanol–water partition coefficient (Wildman–Crippen LogP) is 3.27. The van der Waals surface area contributed by atoms with Gasteiger partial charge >= 0.3 is 0 Å². The first-order valence-corrected chi connectivity index (χ1v) is 10.7. The summed E-state index contributed by atoms with van der Waals surface area (Å²) >= 11 is 0. The summed E-state index contributed by atoms with van der Waals surface area (Å²) < 4.78 is 0. The van der Waals surface area contributed by atoms with E-state index >= 15 is 0 Å². The molecule has 1 saturated carbocycles. The van der Waals surface area contributed by atoms with Crippen LogP contribution in [0.15, 0.2) is 30.8 Å². The van der Waals surface area contributed by atoms with Crippen molar-refractivity contribution >= 4 is 17.5 Å². The molecule has 5 heteroatoms. The third kappa shape index (κ3) is 4.14. The van der Waals surface area contributed by atoms with Crippen LogP contribution in [0.3, 0.4) is 0 Å². The molecule has 1 aliphatic carbocycles. The van der Waals surface area contributed by atoms with Gasteiger partial charge in [0.15, 0.2) is 0 Å². The standard InChI is InChI=1S/C23H31N3O2/c1-17-20-9-5-6-10-21(20)23(28)26(17)16-22(27)24-19-11-13-25(14-12-19)15-18-7-3-2-4-8-18/h5-6,9-10,18-19H,1-4,7-8,11-16H2,(H,24,27). The van der Waals surface area contributed by atoms with Crippen molar-refractivity contribution in [1.82, 2.24) is 15.1 Å². The molecule has 1 aromatic rings. The Labute approximate surface area is 167 Å². The third-order valence-corrected chi connectivity index (χ3v) is 6.53. The number of likely N-dealkylation sites (tertiary alicyclic amines) is 1. The summed E-state index contributed by atoms with van der Waals surface area (Å²) in [6.07, 6.45) is 8.94. The van der Waals surface area contributed by atoms with Gasteiger partial charge in [-0.3, -0.25) is 14.5 Å². The molecule has 1 N–H and O–H groups in total. The summed E-state index contributed by atoms with van der Waals surface area (Å²) in [7, 11) is 0. The second-order valence-corrected chi connectivity index (χ2v) is 8.53. The minimum absolute atomic E-state index is 0.0502. The molecule has 2 fully saturated rings. The van der Waals surface area contributed by atoms with Crippen molar-refractivity contribution in [3.05, 3.63) is 42.0 Å². The summed E-state index contributed by atoms with van der Waals surface area (Å²) in [5.41, 5.74) is 2.09. The molecular formula is C23H31N3O2. The lowest BCUT2D eigenvalue weighted by Gasteiger charge is -2.35. The van der Waals surface area contributed by atoms with Gasteiger partial charge in [0.1, 0.15) is 6.54 Å². The first-order chi connectivity index (χ1) is 13.6. The van der Waals surface area contributed by atoms with E-state index in [-0.39, 0.29) is 24.4 Å². The highest BCUT2D eigenvalue weighted by Gasteiger charge is 2.32. The average Bonchev–Trinajstić information content (AvgIpc) is 2.95. The first kappa shape index (κ1) is 19.2. The van der Waals surface area contributed by atoms with Gasteiger partial charge in [-0.1, -0.05) is 44.0 Å². The number of hydrogen-bond acceptors (Lipinski definition) is 3. The van der Waals surface area contributed by atoms with Gasteiger partial charge < -0.3 is 10.2 Å². The van der Waals surface area contributed by atoms with Crippen LogP contribution in [0.4, 0.5) is 0 Å². The van der Waals surface area contributed by atoms with Crippen LogP contribution in [-0.4, -0.2) is 53.8 Å². The number of hydrogen-bond donors (Lipinski definition) is 1. The Morgan fingerprint density at radius 3 is 2.39 bits per heavy atom. The number of carbonyl (C=O) groups is 2. The van der Waals surface area contributed by atoms with Gasteiger partial charge in [-0.05, 0) is 37.7 Å². The van der Waals surface area contributed by atoms with Crippen LogP contribution < -0.4 is 5.32 Å². The summed E-state index contributed by atoms with van der Waals surface area (Å²) in [6.45, 7) is 7.40. The highest BCUT2D eigenvalue weighted by molar-refractivity contribution is 6.10. The Morgan fingerprint density at radius 2 is 1.71 bits per heavy atom. The van der Waals surface area contributed by atoms with E-state index in [1.807, 2.05) is 18.2 Å². The molecule has 0 spiro atoms. The lowest BCUT2D eigenvalue weighted by atomic mass is 9.88. The SMILES string of the molecule is C=C1c2ccccc2C(=O)N1CC(=O)NC1CCN(CC2CCCCC2)CC1. The maximum Gasteiger partial charge on any atom is 0.259 e. The molecule has 1 aromatic carbocycles. The molecule has 0 radical (unpaired) electrons. The van der Waals surface area contributed by atoms with Crippen LogP contribution in [0, 0.1) is 5.92 Å². The quantitative estimate of drug-likeness (QED) is 0.852. The van der Waals surface area contributed by atoms with Crippen molar-refractivity contribution in [2.45, 2.75) is 51.0 Å². The molecule has 28 heavy (non-hydrogen) atoms. The Morgan fingerprint density at radius 1 is 1.04 bits per heavy atom. The normalized spacial score (nSPS) is 21.8. The van der Waals surface area contributed by atoms with E-state index in [1.54, 1.807) is 6.07 Å². The Hall–Kier alpha value is -2.14. The number of rotatable bonds is 5. The highest BCUT2D eigenvalue weighted by atomic mass is 16.2. The zero-order valence-corrected chi connectivity index (χ0v) is 16.7. The monoisotopic (exact) mass is 381 g/mol. The molecule has 150 valence electrons. The van der Waals surface area contributed by atoms with E-state index in [0.717, 1.165) is 37.4 Å². The second kappa shape index (κ2) is 8.48. The fourth-order valence-corrected chi connectivity index (χ4v) is 4.91. The van der Waals surface area contributed by atoms with Gasteiger partial charge in [0.05, 0.1) is 0 Å². The van der Waals surface area contributed by atoms with E-state index in [1.165, 1.54) is 43.5 Å². The highest BCUT2D eigenvalue weighted by Crippen LogP contribution is 2.30. The number of fused-ring (bicyclic) bond motifs is 1. The summed E-state index contributed by atoms with van der Waals surface area (Å²) in [5, 5.41) is 3.14.